The monoisotopic (exact) mass is 216 g/mol. The van der Waals surface area contributed by atoms with Crippen LogP contribution in [0, 0.1) is 5.92 Å². The van der Waals surface area contributed by atoms with Gasteiger partial charge in [0, 0.05) is 31.2 Å². The summed E-state index contributed by atoms with van der Waals surface area (Å²) in [6.45, 7) is 2.19. The van der Waals surface area contributed by atoms with Gasteiger partial charge in [-0.25, -0.2) is 0 Å². The molecule has 3 nitrogen and oxygen atoms in total. The van der Waals surface area contributed by atoms with Gasteiger partial charge in [-0.1, -0.05) is 0 Å². The predicted octanol–water partition coefficient (Wildman–Crippen LogP) is 1.51. The number of hydrogen-bond acceptors (Lipinski definition) is 3. The van der Waals surface area contributed by atoms with Gasteiger partial charge in [0.25, 0.3) is 0 Å². The van der Waals surface area contributed by atoms with Gasteiger partial charge in [-0.15, -0.1) is 0 Å². The van der Waals surface area contributed by atoms with Crippen molar-refractivity contribution in [2.75, 3.05) is 13.1 Å². The Balaban J connectivity index is 1.92. The first-order valence-electron chi connectivity index (χ1n) is 5.89. The van der Waals surface area contributed by atoms with Gasteiger partial charge in [0.2, 0.25) is 0 Å². The molecule has 3 fully saturated rings. The van der Waals surface area contributed by atoms with E-state index in [0.717, 1.165) is 37.2 Å². The van der Waals surface area contributed by atoms with E-state index in [-0.39, 0.29) is 6.10 Å². The number of hydrogen-bond donors (Lipinski definition) is 1. The van der Waals surface area contributed by atoms with Crippen LogP contribution in [0.1, 0.15) is 18.4 Å². The molecule has 4 rings (SSSR count). The number of fused-ring (bicyclic) bond motifs is 3. The third kappa shape index (κ3) is 1.61. The maximum atomic E-state index is 10.2. The van der Waals surface area contributed by atoms with Gasteiger partial charge in [0.1, 0.15) is 0 Å². The quantitative estimate of drug-likeness (QED) is 0.773. The molecule has 3 aliphatic heterocycles. The summed E-state index contributed by atoms with van der Waals surface area (Å²) in [5.74, 6) is 0.470. The Bertz CT molecular complexity index is 390. The van der Waals surface area contributed by atoms with E-state index in [1.807, 2.05) is 12.1 Å². The van der Waals surface area contributed by atoms with Crippen LogP contribution in [0.25, 0.3) is 6.08 Å². The summed E-state index contributed by atoms with van der Waals surface area (Å²) >= 11 is 0. The van der Waals surface area contributed by atoms with Crippen molar-refractivity contribution in [2.24, 2.45) is 5.92 Å². The predicted molar refractivity (Wildman–Crippen MR) is 62.5 cm³/mol. The highest BCUT2D eigenvalue weighted by Gasteiger charge is 2.36. The van der Waals surface area contributed by atoms with Crippen LogP contribution in [-0.2, 0) is 0 Å². The van der Waals surface area contributed by atoms with Gasteiger partial charge in [0.05, 0.1) is 6.10 Å². The highest BCUT2D eigenvalue weighted by Crippen LogP contribution is 2.35. The molecule has 2 bridgehead atoms. The van der Waals surface area contributed by atoms with Crippen LogP contribution >= 0.6 is 0 Å². The van der Waals surface area contributed by atoms with E-state index in [4.69, 9.17) is 0 Å². The number of piperidine rings is 3. The zero-order chi connectivity index (χ0) is 11.0. The number of pyridine rings is 1. The molecule has 3 aliphatic rings. The molecule has 0 radical (unpaired) electrons. The van der Waals surface area contributed by atoms with E-state index in [1.54, 1.807) is 12.4 Å². The molecule has 0 aliphatic carbocycles. The first-order chi connectivity index (χ1) is 7.84. The summed E-state index contributed by atoms with van der Waals surface area (Å²) in [4.78, 5) is 6.31. The SMILES string of the molecule is OC1/C(=C\c2ccncc2)N2CCC1CC2. The molecule has 1 N–H and O–H groups in total. The van der Waals surface area contributed by atoms with Crippen molar-refractivity contribution < 1.29 is 5.11 Å². The maximum absolute atomic E-state index is 10.2. The van der Waals surface area contributed by atoms with Gasteiger partial charge in [-0.3, -0.25) is 4.98 Å². The third-order valence-electron chi connectivity index (χ3n) is 3.67. The number of nitrogens with zero attached hydrogens (tertiary/aromatic N) is 2. The van der Waals surface area contributed by atoms with Crippen molar-refractivity contribution in [3.05, 3.63) is 35.8 Å². The normalized spacial score (nSPS) is 31.1. The molecule has 1 atom stereocenters. The van der Waals surface area contributed by atoms with E-state index in [9.17, 15) is 5.11 Å². The van der Waals surface area contributed by atoms with Crippen LogP contribution in [-0.4, -0.2) is 34.2 Å². The molecule has 0 spiro atoms. The number of aromatic nitrogens is 1. The summed E-state index contributed by atoms with van der Waals surface area (Å²) < 4.78 is 0. The van der Waals surface area contributed by atoms with Crippen molar-refractivity contribution in [3.63, 3.8) is 0 Å². The Hall–Kier alpha value is -1.35. The molecule has 0 aromatic carbocycles. The highest BCUT2D eigenvalue weighted by atomic mass is 16.3. The van der Waals surface area contributed by atoms with Crippen molar-refractivity contribution in [2.45, 2.75) is 18.9 Å². The van der Waals surface area contributed by atoms with E-state index in [0.29, 0.717) is 5.92 Å². The molecular weight excluding hydrogens is 200 g/mol. The van der Waals surface area contributed by atoms with Gasteiger partial charge in [0.15, 0.2) is 0 Å². The fourth-order valence-electron chi connectivity index (χ4n) is 2.71. The number of aliphatic hydroxyl groups is 1. The summed E-state index contributed by atoms with van der Waals surface area (Å²) in [6.07, 6.45) is 7.67. The second kappa shape index (κ2) is 3.91. The van der Waals surface area contributed by atoms with E-state index in [1.165, 1.54) is 0 Å². The number of rotatable bonds is 1. The Morgan fingerprint density at radius 1 is 1.25 bits per heavy atom. The second-order valence-corrected chi connectivity index (χ2v) is 4.62. The lowest BCUT2D eigenvalue weighted by atomic mass is 9.83. The van der Waals surface area contributed by atoms with Crippen molar-refractivity contribution in [3.8, 4) is 0 Å². The second-order valence-electron chi connectivity index (χ2n) is 4.62. The highest BCUT2D eigenvalue weighted by molar-refractivity contribution is 5.53. The summed E-state index contributed by atoms with van der Waals surface area (Å²) in [6, 6.07) is 3.95. The average Bonchev–Trinajstić information content (AvgIpc) is 2.36. The molecular formula is C13H16N2O. The minimum Gasteiger partial charge on any atom is -0.387 e. The van der Waals surface area contributed by atoms with Crippen LogP contribution in [0.15, 0.2) is 30.2 Å². The van der Waals surface area contributed by atoms with Crippen molar-refractivity contribution in [1.29, 1.82) is 0 Å². The molecule has 3 saturated heterocycles. The lowest BCUT2D eigenvalue weighted by Crippen LogP contribution is -2.48. The maximum Gasteiger partial charge on any atom is 0.0965 e. The topological polar surface area (TPSA) is 36.4 Å². The van der Waals surface area contributed by atoms with Crippen LogP contribution in [0.2, 0.25) is 0 Å². The zero-order valence-electron chi connectivity index (χ0n) is 9.21. The molecule has 84 valence electrons. The third-order valence-corrected chi connectivity index (χ3v) is 3.67. The Kier molecular flexibility index (Phi) is 2.40. The molecule has 1 unspecified atom stereocenters. The van der Waals surface area contributed by atoms with Crippen LogP contribution in [0.3, 0.4) is 0 Å². The standard InChI is InChI=1S/C13H16N2O/c16-13-11-3-7-15(8-4-11)12(13)9-10-1-5-14-6-2-10/h1-2,5-6,9,11,13,16H,3-4,7-8H2/b12-9+. The summed E-state index contributed by atoms with van der Waals surface area (Å²) in [5, 5.41) is 10.2. The van der Waals surface area contributed by atoms with E-state index >= 15 is 0 Å². The molecule has 1 aromatic rings. The first-order valence-corrected chi connectivity index (χ1v) is 5.89. The Morgan fingerprint density at radius 3 is 2.56 bits per heavy atom. The largest absolute Gasteiger partial charge is 0.387 e. The smallest absolute Gasteiger partial charge is 0.0965 e. The molecule has 16 heavy (non-hydrogen) atoms. The van der Waals surface area contributed by atoms with Gasteiger partial charge >= 0.3 is 0 Å². The number of aliphatic hydroxyl groups excluding tert-OH is 1. The first kappa shape index (κ1) is 9.85. The van der Waals surface area contributed by atoms with Gasteiger partial charge in [-0.2, -0.15) is 0 Å². The van der Waals surface area contributed by atoms with Gasteiger partial charge < -0.3 is 10.0 Å². The zero-order valence-corrected chi connectivity index (χ0v) is 9.21. The van der Waals surface area contributed by atoms with E-state index < -0.39 is 0 Å². The van der Waals surface area contributed by atoms with Crippen LogP contribution in [0.5, 0.6) is 0 Å². The fraction of sp³-hybridized carbons (Fsp3) is 0.462. The minimum absolute atomic E-state index is 0.268. The average molecular weight is 216 g/mol. The molecule has 3 heteroatoms. The van der Waals surface area contributed by atoms with Crippen molar-refractivity contribution >= 4 is 6.08 Å². The van der Waals surface area contributed by atoms with E-state index in [2.05, 4.69) is 16.0 Å². The van der Waals surface area contributed by atoms with Crippen molar-refractivity contribution in [1.82, 2.24) is 9.88 Å². The summed E-state index contributed by atoms with van der Waals surface area (Å²) in [5.41, 5.74) is 2.21. The fourth-order valence-corrected chi connectivity index (χ4v) is 2.71. The van der Waals surface area contributed by atoms with Crippen LogP contribution < -0.4 is 0 Å². The molecule has 0 amide bonds. The van der Waals surface area contributed by atoms with Gasteiger partial charge in [-0.05, 0) is 42.5 Å². The Labute approximate surface area is 95.4 Å². The minimum atomic E-state index is -0.268. The van der Waals surface area contributed by atoms with Crippen LogP contribution in [0.4, 0.5) is 0 Å². The lowest BCUT2D eigenvalue weighted by molar-refractivity contribution is 0.0215. The Morgan fingerprint density at radius 2 is 1.94 bits per heavy atom. The lowest BCUT2D eigenvalue weighted by Gasteiger charge is -2.45. The molecule has 4 heterocycles. The molecule has 0 saturated carbocycles. The summed E-state index contributed by atoms with van der Waals surface area (Å²) in [7, 11) is 0. The molecule has 1 aromatic heterocycles.